The summed E-state index contributed by atoms with van der Waals surface area (Å²) in [7, 11) is 1.24. The van der Waals surface area contributed by atoms with Gasteiger partial charge in [-0.1, -0.05) is 6.58 Å². The van der Waals surface area contributed by atoms with Crippen molar-refractivity contribution in [1.82, 2.24) is 0 Å². The third-order valence-corrected chi connectivity index (χ3v) is 1.98. The first-order valence-electron chi connectivity index (χ1n) is 5.75. The van der Waals surface area contributed by atoms with E-state index in [4.69, 9.17) is 9.47 Å². The Morgan fingerprint density at radius 1 is 1.28 bits per heavy atom. The Morgan fingerprint density at radius 3 is 2.22 bits per heavy atom. The van der Waals surface area contributed by atoms with Crippen molar-refractivity contribution in [2.75, 3.05) is 13.7 Å². The van der Waals surface area contributed by atoms with Crippen LogP contribution >= 0.6 is 0 Å². The average molecular weight is 258 g/mol. The Balaban J connectivity index is 4.38. The van der Waals surface area contributed by atoms with Gasteiger partial charge in [-0.05, 0) is 27.7 Å². The maximum Gasteiger partial charge on any atom is 0.347 e. The number of hydrogen-bond donors (Lipinski definition) is 0. The highest BCUT2D eigenvalue weighted by Crippen LogP contribution is 2.11. The minimum atomic E-state index is -0.957. The standard InChI is InChI=1S/C13H22O5/c1-9(2)11(14)18-10(12(15)16-6)7-8-17-13(3,4)5/h10H,1,7-8H2,2-6H3. The number of ether oxygens (including phenoxy) is 3. The molecule has 0 N–H and O–H groups in total. The highest BCUT2D eigenvalue weighted by atomic mass is 16.6. The van der Waals surface area contributed by atoms with E-state index in [1.807, 2.05) is 20.8 Å². The van der Waals surface area contributed by atoms with Crippen molar-refractivity contribution in [1.29, 1.82) is 0 Å². The Bertz CT molecular complexity index is 314. The Kier molecular flexibility index (Phi) is 6.62. The molecule has 0 amide bonds. The molecule has 0 aromatic heterocycles. The van der Waals surface area contributed by atoms with Crippen molar-refractivity contribution in [2.24, 2.45) is 0 Å². The molecule has 5 heteroatoms. The average Bonchev–Trinajstić information content (AvgIpc) is 2.24. The molecule has 1 unspecified atom stereocenters. The van der Waals surface area contributed by atoms with Crippen molar-refractivity contribution in [3.05, 3.63) is 12.2 Å². The Hall–Kier alpha value is -1.36. The van der Waals surface area contributed by atoms with Crippen molar-refractivity contribution >= 4 is 11.9 Å². The van der Waals surface area contributed by atoms with Crippen LogP contribution in [-0.2, 0) is 23.8 Å². The lowest BCUT2D eigenvalue weighted by Crippen LogP contribution is -2.31. The first-order chi connectivity index (χ1) is 8.17. The monoisotopic (exact) mass is 258 g/mol. The predicted octanol–water partition coefficient (Wildman–Crippen LogP) is 1.85. The van der Waals surface area contributed by atoms with Gasteiger partial charge < -0.3 is 14.2 Å². The first kappa shape index (κ1) is 16.6. The Morgan fingerprint density at radius 2 is 1.83 bits per heavy atom. The van der Waals surface area contributed by atoms with Gasteiger partial charge in [0.25, 0.3) is 0 Å². The smallest absolute Gasteiger partial charge is 0.347 e. The Labute approximate surface area is 108 Å². The van der Waals surface area contributed by atoms with Crippen LogP contribution < -0.4 is 0 Å². The van der Waals surface area contributed by atoms with Gasteiger partial charge in [0.1, 0.15) is 0 Å². The number of carbonyl (C=O) groups excluding carboxylic acids is 2. The molecule has 18 heavy (non-hydrogen) atoms. The van der Waals surface area contributed by atoms with Crippen LogP contribution in [0.1, 0.15) is 34.1 Å². The third-order valence-electron chi connectivity index (χ3n) is 1.98. The van der Waals surface area contributed by atoms with Crippen LogP contribution in [0.3, 0.4) is 0 Å². The molecule has 0 rings (SSSR count). The van der Waals surface area contributed by atoms with Gasteiger partial charge in [0, 0.05) is 12.0 Å². The quantitative estimate of drug-likeness (QED) is 0.537. The van der Waals surface area contributed by atoms with Crippen LogP contribution in [-0.4, -0.2) is 37.4 Å². The third kappa shape index (κ3) is 7.06. The lowest BCUT2D eigenvalue weighted by atomic mass is 10.2. The zero-order valence-electron chi connectivity index (χ0n) is 11.7. The molecular formula is C13H22O5. The van der Waals surface area contributed by atoms with Gasteiger partial charge in [-0.25, -0.2) is 9.59 Å². The molecule has 0 aromatic rings. The second kappa shape index (κ2) is 7.16. The fourth-order valence-electron chi connectivity index (χ4n) is 1.06. The van der Waals surface area contributed by atoms with Crippen LogP contribution in [0.25, 0.3) is 0 Å². The maximum atomic E-state index is 11.4. The summed E-state index contributed by atoms with van der Waals surface area (Å²) in [5, 5.41) is 0. The van der Waals surface area contributed by atoms with E-state index in [-0.39, 0.29) is 17.6 Å². The minimum absolute atomic E-state index is 0.237. The molecular weight excluding hydrogens is 236 g/mol. The van der Waals surface area contributed by atoms with Crippen LogP contribution in [0.5, 0.6) is 0 Å². The van der Waals surface area contributed by atoms with Crippen LogP contribution in [0, 0.1) is 0 Å². The van der Waals surface area contributed by atoms with Crippen molar-refractivity contribution < 1.29 is 23.8 Å². The first-order valence-corrected chi connectivity index (χ1v) is 5.75. The second-order valence-corrected chi connectivity index (χ2v) is 4.95. The van der Waals surface area contributed by atoms with E-state index in [2.05, 4.69) is 11.3 Å². The summed E-state index contributed by atoms with van der Waals surface area (Å²) in [6.07, 6.45) is -0.704. The van der Waals surface area contributed by atoms with Crippen LogP contribution in [0.15, 0.2) is 12.2 Å². The van der Waals surface area contributed by atoms with Crippen molar-refractivity contribution in [3.63, 3.8) is 0 Å². The summed E-state index contributed by atoms with van der Waals surface area (Å²) in [4.78, 5) is 22.8. The van der Waals surface area contributed by atoms with Crippen molar-refractivity contribution in [2.45, 2.75) is 45.8 Å². The van der Waals surface area contributed by atoms with Gasteiger partial charge in [0.2, 0.25) is 6.10 Å². The lowest BCUT2D eigenvalue weighted by Gasteiger charge is -2.21. The number of rotatable bonds is 6. The molecule has 0 aliphatic heterocycles. The van der Waals surface area contributed by atoms with Gasteiger partial charge in [-0.2, -0.15) is 0 Å². The lowest BCUT2D eigenvalue weighted by molar-refractivity contribution is -0.165. The SMILES string of the molecule is C=C(C)C(=O)OC(CCOC(C)(C)C)C(=O)OC. The molecule has 0 aromatic carbocycles. The van der Waals surface area contributed by atoms with Gasteiger partial charge in [-0.15, -0.1) is 0 Å². The summed E-state index contributed by atoms with van der Waals surface area (Å²) in [5.41, 5.74) is -0.0698. The topological polar surface area (TPSA) is 61.8 Å². The van der Waals surface area contributed by atoms with E-state index < -0.39 is 18.0 Å². The summed E-state index contributed by atoms with van der Waals surface area (Å²) >= 11 is 0. The van der Waals surface area contributed by atoms with E-state index in [1.54, 1.807) is 0 Å². The molecule has 0 fully saturated rings. The summed E-state index contributed by atoms with van der Waals surface area (Å²) in [5.74, 6) is -1.21. The fourth-order valence-corrected chi connectivity index (χ4v) is 1.06. The van der Waals surface area contributed by atoms with E-state index in [1.165, 1.54) is 14.0 Å². The van der Waals surface area contributed by atoms with Gasteiger partial charge in [0.15, 0.2) is 0 Å². The molecule has 0 radical (unpaired) electrons. The summed E-state index contributed by atoms with van der Waals surface area (Å²) in [6, 6.07) is 0. The molecule has 104 valence electrons. The van der Waals surface area contributed by atoms with Crippen molar-refractivity contribution in [3.8, 4) is 0 Å². The zero-order chi connectivity index (χ0) is 14.3. The summed E-state index contributed by atoms with van der Waals surface area (Å²) in [6.45, 7) is 11.0. The molecule has 5 nitrogen and oxygen atoms in total. The molecule has 1 atom stereocenters. The summed E-state index contributed by atoms with van der Waals surface area (Å²) < 4.78 is 15.0. The van der Waals surface area contributed by atoms with E-state index >= 15 is 0 Å². The zero-order valence-corrected chi connectivity index (χ0v) is 11.7. The number of methoxy groups -OCH3 is 1. The number of hydrogen-bond acceptors (Lipinski definition) is 5. The second-order valence-electron chi connectivity index (χ2n) is 4.95. The fraction of sp³-hybridized carbons (Fsp3) is 0.692. The molecule has 0 heterocycles. The number of esters is 2. The molecule has 0 aliphatic rings. The largest absolute Gasteiger partial charge is 0.466 e. The predicted molar refractivity (Wildman–Crippen MR) is 67.0 cm³/mol. The molecule has 0 spiro atoms. The van der Waals surface area contributed by atoms with E-state index in [0.29, 0.717) is 6.61 Å². The molecule has 0 aliphatic carbocycles. The van der Waals surface area contributed by atoms with Crippen LogP contribution in [0.2, 0.25) is 0 Å². The highest BCUT2D eigenvalue weighted by Gasteiger charge is 2.24. The van der Waals surface area contributed by atoms with Gasteiger partial charge in [0.05, 0.1) is 19.3 Å². The molecule has 0 saturated heterocycles. The van der Waals surface area contributed by atoms with Gasteiger partial charge in [-0.3, -0.25) is 0 Å². The van der Waals surface area contributed by atoms with E-state index in [9.17, 15) is 9.59 Å². The molecule has 0 saturated carbocycles. The normalized spacial score (nSPS) is 12.7. The minimum Gasteiger partial charge on any atom is -0.466 e. The van der Waals surface area contributed by atoms with Gasteiger partial charge >= 0.3 is 11.9 Å². The molecule has 0 bridgehead atoms. The van der Waals surface area contributed by atoms with E-state index in [0.717, 1.165) is 0 Å². The van der Waals surface area contributed by atoms with Crippen LogP contribution in [0.4, 0.5) is 0 Å². The maximum absolute atomic E-state index is 11.4. The number of carbonyl (C=O) groups is 2. The highest BCUT2D eigenvalue weighted by molar-refractivity contribution is 5.89.